The van der Waals surface area contributed by atoms with Gasteiger partial charge in [0.1, 0.15) is 17.0 Å². The Morgan fingerprint density at radius 3 is 2.30 bits per heavy atom. The number of phosphoric ester groups is 1. The molecule has 0 bridgehead atoms. The molecular weight excluding hydrogens is 582 g/mol. The number of amides is 1. The van der Waals surface area contributed by atoms with Gasteiger partial charge in [0, 0.05) is 6.20 Å². The lowest BCUT2D eigenvalue weighted by Gasteiger charge is -2.14. The highest BCUT2D eigenvalue weighted by molar-refractivity contribution is 7.46. The van der Waals surface area contributed by atoms with E-state index >= 15 is 0 Å². The Hall–Kier alpha value is -4.18. The molecule has 2 aromatic heterocycles. The van der Waals surface area contributed by atoms with Crippen molar-refractivity contribution in [3.63, 3.8) is 0 Å². The Morgan fingerprint density at radius 1 is 1.00 bits per heavy atom. The highest BCUT2D eigenvalue weighted by Crippen LogP contribution is 2.38. The molecule has 40 heavy (non-hydrogen) atoms. The van der Waals surface area contributed by atoms with Crippen molar-refractivity contribution < 1.29 is 63.9 Å². The lowest BCUT2D eigenvalue weighted by molar-refractivity contribution is -0.274. The van der Waals surface area contributed by atoms with Crippen LogP contribution in [0.15, 0.2) is 48.7 Å². The number of rotatable bonds is 8. The van der Waals surface area contributed by atoms with E-state index in [1.807, 2.05) is 0 Å². The topological polar surface area (TPSA) is 132 Å². The molecule has 10 nitrogen and oxygen atoms in total. The van der Waals surface area contributed by atoms with Crippen LogP contribution in [0, 0.1) is 23.3 Å². The molecule has 0 unspecified atom stereocenters. The van der Waals surface area contributed by atoms with Gasteiger partial charge in [-0.25, -0.2) is 31.2 Å². The summed E-state index contributed by atoms with van der Waals surface area (Å²) in [6.07, 6.45) is -3.86. The summed E-state index contributed by atoms with van der Waals surface area (Å²) in [4.78, 5) is 30.6. The monoisotopic (exact) mass is 595 g/mol. The number of alkyl halides is 3. The van der Waals surface area contributed by atoms with Gasteiger partial charge in [0.25, 0.3) is 5.91 Å². The molecule has 1 amide bonds. The van der Waals surface area contributed by atoms with Crippen LogP contribution < -0.4 is 14.8 Å². The summed E-state index contributed by atoms with van der Waals surface area (Å²) >= 11 is 0. The Bertz CT molecular complexity index is 1630. The number of carbonyl (C=O) groups excluding carboxylic acids is 1. The number of nitrogens with one attached hydrogen (secondary N) is 1. The van der Waals surface area contributed by atoms with Crippen LogP contribution >= 0.6 is 7.82 Å². The van der Waals surface area contributed by atoms with Crippen LogP contribution in [0.2, 0.25) is 0 Å². The molecule has 0 aliphatic carbocycles. The third-order valence-electron chi connectivity index (χ3n) is 5.01. The molecule has 0 aliphatic heterocycles. The van der Waals surface area contributed by atoms with Crippen molar-refractivity contribution >= 4 is 24.9 Å². The quantitative estimate of drug-likeness (QED) is 0.110. The minimum Gasteiger partial charge on any atom is -0.448 e. The number of fused-ring (bicyclic) bond motifs is 1. The first-order valence-corrected chi connectivity index (χ1v) is 12.0. The second-order valence-corrected chi connectivity index (χ2v) is 8.87. The maximum atomic E-state index is 14.9. The number of aromatic nitrogens is 2. The van der Waals surface area contributed by atoms with Crippen LogP contribution in [0.1, 0.15) is 10.4 Å². The standard InChI is InChI=1S/C22H13F7N3O7P/c23-15-13(10-4-3-5-11(8-10)39-22(27,28)29)16(24)18(26)19(17(15)25)30-20(33)14-12-6-1-2-7-32(12)31-21(14)37-9-38-40(34,35)36/h1-8H,9H2,(H,30,33)(H2,34,35,36). The minimum atomic E-state index is -5.16. The Morgan fingerprint density at radius 2 is 1.68 bits per heavy atom. The number of hydrogen-bond acceptors (Lipinski definition) is 6. The van der Waals surface area contributed by atoms with Gasteiger partial charge in [0.2, 0.25) is 12.7 Å². The van der Waals surface area contributed by atoms with E-state index in [2.05, 4.69) is 14.4 Å². The van der Waals surface area contributed by atoms with Crippen molar-refractivity contribution in [1.29, 1.82) is 0 Å². The molecule has 0 saturated carbocycles. The number of carbonyl (C=O) groups is 1. The predicted molar refractivity (Wildman–Crippen MR) is 120 cm³/mol. The van der Waals surface area contributed by atoms with Gasteiger partial charge in [-0.2, -0.15) is 0 Å². The highest BCUT2D eigenvalue weighted by Gasteiger charge is 2.33. The van der Waals surface area contributed by atoms with Crippen molar-refractivity contribution in [2.45, 2.75) is 6.36 Å². The molecule has 0 saturated heterocycles. The van der Waals surface area contributed by atoms with Crippen molar-refractivity contribution in [2.24, 2.45) is 0 Å². The van der Waals surface area contributed by atoms with E-state index in [4.69, 9.17) is 14.5 Å². The highest BCUT2D eigenvalue weighted by atomic mass is 31.2. The van der Waals surface area contributed by atoms with Crippen LogP contribution in [-0.4, -0.2) is 38.5 Å². The van der Waals surface area contributed by atoms with Gasteiger partial charge in [-0.3, -0.25) is 4.79 Å². The molecule has 0 aliphatic rings. The van der Waals surface area contributed by atoms with E-state index < -0.39 is 84.2 Å². The van der Waals surface area contributed by atoms with Gasteiger partial charge in [-0.05, 0) is 29.8 Å². The molecule has 2 aromatic carbocycles. The number of phosphoric acid groups is 1. The summed E-state index contributed by atoms with van der Waals surface area (Å²) in [7, 11) is -5.01. The summed E-state index contributed by atoms with van der Waals surface area (Å²) < 4.78 is 122. The molecule has 4 aromatic rings. The molecule has 0 spiro atoms. The Labute approximate surface area is 217 Å². The number of halogens is 7. The fraction of sp³-hybridized carbons (Fsp3) is 0.0909. The third kappa shape index (κ3) is 6.17. The summed E-state index contributed by atoms with van der Waals surface area (Å²) in [6, 6.07) is 7.19. The number of hydrogen-bond donors (Lipinski definition) is 3. The number of anilines is 1. The van der Waals surface area contributed by atoms with Crippen LogP contribution in [0.5, 0.6) is 11.6 Å². The SMILES string of the molecule is O=C(Nc1c(F)c(F)c(-c2cccc(OC(F)(F)F)c2)c(F)c1F)c1c(OCOP(=O)(O)O)nn2ccccc12. The van der Waals surface area contributed by atoms with Gasteiger partial charge in [-0.1, -0.05) is 18.2 Å². The van der Waals surface area contributed by atoms with Gasteiger partial charge >= 0.3 is 14.2 Å². The van der Waals surface area contributed by atoms with Gasteiger partial charge in [0.15, 0.2) is 23.3 Å². The smallest absolute Gasteiger partial charge is 0.448 e. The first kappa shape index (κ1) is 28.8. The normalized spacial score (nSPS) is 12.0. The van der Waals surface area contributed by atoms with Crippen LogP contribution in [0.4, 0.5) is 36.4 Å². The third-order valence-corrected chi connectivity index (χ3v) is 5.45. The molecule has 18 heteroatoms. The van der Waals surface area contributed by atoms with Crippen molar-refractivity contribution in [2.75, 3.05) is 12.1 Å². The zero-order valence-corrected chi connectivity index (χ0v) is 20.1. The van der Waals surface area contributed by atoms with Crippen LogP contribution in [-0.2, 0) is 9.09 Å². The second-order valence-electron chi connectivity index (χ2n) is 7.63. The molecule has 4 rings (SSSR count). The number of nitrogens with zero attached hydrogens (tertiary/aromatic N) is 2. The molecule has 0 atom stereocenters. The zero-order valence-electron chi connectivity index (χ0n) is 19.2. The van der Waals surface area contributed by atoms with E-state index in [0.717, 1.165) is 22.7 Å². The number of ether oxygens (including phenoxy) is 2. The predicted octanol–water partition coefficient (Wildman–Crippen LogP) is 5.15. The molecular formula is C22H13F7N3O7P. The van der Waals surface area contributed by atoms with Gasteiger partial charge in [-0.15, -0.1) is 18.3 Å². The van der Waals surface area contributed by atoms with E-state index in [0.29, 0.717) is 6.07 Å². The molecule has 0 radical (unpaired) electrons. The molecule has 0 fully saturated rings. The fourth-order valence-corrected chi connectivity index (χ4v) is 3.65. The van der Waals surface area contributed by atoms with E-state index in [9.17, 15) is 40.1 Å². The van der Waals surface area contributed by atoms with E-state index in [1.54, 1.807) is 5.32 Å². The summed E-state index contributed by atoms with van der Waals surface area (Å²) in [5.41, 5.74) is -4.33. The maximum Gasteiger partial charge on any atom is 0.573 e. The average molecular weight is 595 g/mol. The summed E-state index contributed by atoms with van der Waals surface area (Å²) in [6.45, 7) is -1.12. The first-order chi connectivity index (χ1) is 18.7. The summed E-state index contributed by atoms with van der Waals surface area (Å²) in [5, 5.41) is 5.49. The molecule has 212 valence electrons. The Kier molecular flexibility index (Phi) is 7.76. The maximum absolute atomic E-state index is 14.9. The lowest BCUT2D eigenvalue weighted by atomic mass is 10.0. The minimum absolute atomic E-state index is 0.0639. The van der Waals surface area contributed by atoms with E-state index in [1.165, 1.54) is 24.4 Å². The van der Waals surface area contributed by atoms with Crippen molar-refractivity contribution in [3.8, 4) is 22.8 Å². The van der Waals surface area contributed by atoms with Gasteiger partial charge < -0.3 is 24.6 Å². The Balaban J connectivity index is 1.72. The van der Waals surface area contributed by atoms with Crippen molar-refractivity contribution in [3.05, 3.63) is 77.5 Å². The average Bonchev–Trinajstić information content (AvgIpc) is 3.22. The first-order valence-electron chi connectivity index (χ1n) is 10.5. The van der Waals surface area contributed by atoms with Crippen molar-refractivity contribution in [1.82, 2.24) is 9.61 Å². The van der Waals surface area contributed by atoms with Gasteiger partial charge in [0.05, 0.1) is 11.1 Å². The van der Waals surface area contributed by atoms with Crippen LogP contribution in [0.3, 0.4) is 0 Å². The second kappa shape index (κ2) is 10.8. The zero-order chi connectivity index (χ0) is 29.4. The largest absolute Gasteiger partial charge is 0.573 e. The lowest BCUT2D eigenvalue weighted by Crippen LogP contribution is -2.18. The fourth-order valence-electron chi connectivity index (χ4n) is 3.46. The molecule has 3 N–H and O–H groups in total. The molecule has 2 heterocycles. The number of benzene rings is 2. The summed E-state index contributed by atoms with van der Waals surface area (Å²) in [5.74, 6) is -11.3. The van der Waals surface area contributed by atoms with Crippen LogP contribution in [0.25, 0.3) is 16.6 Å². The number of pyridine rings is 1. The van der Waals surface area contributed by atoms with E-state index in [-0.39, 0.29) is 5.52 Å².